The van der Waals surface area contributed by atoms with Gasteiger partial charge in [0.25, 0.3) is 0 Å². The molecular weight excluding hydrogens is 387 g/mol. The highest BCUT2D eigenvalue weighted by molar-refractivity contribution is 5.80. The Kier molecular flexibility index (Phi) is 7.64. The number of benzene rings is 1. The van der Waals surface area contributed by atoms with Crippen molar-refractivity contribution in [3.8, 4) is 5.69 Å². The fourth-order valence-electron chi connectivity index (χ4n) is 3.25. The smallest absolute Gasteiger partial charge is 0.409 e. The Morgan fingerprint density at radius 3 is 2.50 bits per heavy atom. The van der Waals surface area contributed by atoms with Crippen molar-refractivity contribution in [1.82, 2.24) is 24.9 Å². The van der Waals surface area contributed by atoms with E-state index in [1.54, 1.807) is 21.7 Å². The molecule has 0 bridgehead atoms. The van der Waals surface area contributed by atoms with Crippen LogP contribution < -0.4 is 5.32 Å². The molecule has 1 aliphatic heterocycles. The molecular formula is C21H29FN6O2. The summed E-state index contributed by atoms with van der Waals surface area (Å²) < 4.78 is 19.9. The van der Waals surface area contributed by atoms with E-state index < -0.39 is 0 Å². The molecule has 1 N–H and O–H groups in total. The second-order valence-corrected chi connectivity index (χ2v) is 6.89. The second kappa shape index (κ2) is 10.6. The van der Waals surface area contributed by atoms with Gasteiger partial charge in [-0.3, -0.25) is 4.99 Å². The lowest BCUT2D eigenvalue weighted by Gasteiger charge is -2.35. The Bertz CT molecular complexity index is 843. The van der Waals surface area contributed by atoms with Gasteiger partial charge in [0.2, 0.25) is 0 Å². The molecule has 1 aromatic carbocycles. The summed E-state index contributed by atoms with van der Waals surface area (Å²) in [7, 11) is 0. The minimum atomic E-state index is -0.264. The molecule has 0 spiro atoms. The lowest BCUT2D eigenvalue weighted by Crippen LogP contribution is -2.54. The van der Waals surface area contributed by atoms with E-state index in [9.17, 15) is 9.18 Å². The standard InChI is InChI=1S/C21H29FN6O2/c1-3-23-20(26-13-15-27(16-14-26)21(29)30-4-2)24-11-9-18-10-12-28(25-18)19-7-5-17(22)6-8-19/h5-8,10,12H,3-4,9,11,13-16H2,1-2H3,(H,23,24). The van der Waals surface area contributed by atoms with Crippen molar-refractivity contribution in [1.29, 1.82) is 0 Å². The van der Waals surface area contributed by atoms with Crippen LogP contribution in [0, 0.1) is 5.82 Å². The quantitative estimate of drug-likeness (QED) is 0.578. The molecule has 0 atom stereocenters. The van der Waals surface area contributed by atoms with E-state index in [2.05, 4.69) is 15.3 Å². The molecule has 1 amide bonds. The number of ether oxygens (including phenoxy) is 1. The van der Waals surface area contributed by atoms with Gasteiger partial charge >= 0.3 is 6.09 Å². The van der Waals surface area contributed by atoms with E-state index in [0.717, 1.165) is 23.9 Å². The van der Waals surface area contributed by atoms with E-state index in [1.165, 1.54) is 12.1 Å². The topological polar surface area (TPSA) is 75.0 Å². The summed E-state index contributed by atoms with van der Waals surface area (Å²) in [5.74, 6) is 0.582. The van der Waals surface area contributed by atoms with Gasteiger partial charge in [0, 0.05) is 51.9 Å². The number of halogens is 1. The zero-order chi connectivity index (χ0) is 21.3. The third-order valence-electron chi connectivity index (χ3n) is 4.81. The first-order chi connectivity index (χ1) is 14.6. The molecule has 8 nitrogen and oxygen atoms in total. The third kappa shape index (κ3) is 5.71. The minimum absolute atomic E-state index is 0.254. The Morgan fingerprint density at radius 1 is 1.13 bits per heavy atom. The van der Waals surface area contributed by atoms with Crippen LogP contribution in [0.4, 0.5) is 9.18 Å². The highest BCUT2D eigenvalue weighted by Gasteiger charge is 2.23. The van der Waals surface area contributed by atoms with Crippen molar-refractivity contribution < 1.29 is 13.9 Å². The largest absolute Gasteiger partial charge is 0.450 e. The average Bonchev–Trinajstić information content (AvgIpc) is 3.23. The molecule has 162 valence electrons. The number of aliphatic imine (C=N–C) groups is 1. The van der Waals surface area contributed by atoms with Crippen LogP contribution in [-0.4, -0.2) is 77.5 Å². The molecule has 1 fully saturated rings. The van der Waals surface area contributed by atoms with Crippen molar-refractivity contribution in [2.24, 2.45) is 4.99 Å². The Morgan fingerprint density at radius 2 is 1.83 bits per heavy atom. The number of amides is 1. The SMILES string of the molecule is CCNC(=NCCc1ccn(-c2ccc(F)cc2)n1)N1CCN(C(=O)OCC)CC1. The number of carbonyl (C=O) groups is 1. The van der Waals surface area contributed by atoms with E-state index in [4.69, 9.17) is 9.73 Å². The number of guanidine groups is 1. The van der Waals surface area contributed by atoms with Gasteiger partial charge in [0.1, 0.15) is 5.82 Å². The number of hydrogen-bond donors (Lipinski definition) is 1. The van der Waals surface area contributed by atoms with Crippen LogP contribution in [0.1, 0.15) is 19.5 Å². The predicted octanol–water partition coefficient (Wildman–Crippen LogP) is 2.29. The Labute approximate surface area is 176 Å². The van der Waals surface area contributed by atoms with Crippen molar-refractivity contribution in [2.45, 2.75) is 20.3 Å². The summed E-state index contributed by atoms with van der Waals surface area (Å²) >= 11 is 0. The van der Waals surface area contributed by atoms with Gasteiger partial charge in [0.05, 0.1) is 18.0 Å². The van der Waals surface area contributed by atoms with Crippen LogP contribution in [0.3, 0.4) is 0 Å². The monoisotopic (exact) mass is 416 g/mol. The fourth-order valence-corrected chi connectivity index (χ4v) is 3.25. The van der Waals surface area contributed by atoms with Gasteiger partial charge in [0.15, 0.2) is 5.96 Å². The number of aromatic nitrogens is 2. The first-order valence-corrected chi connectivity index (χ1v) is 10.4. The lowest BCUT2D eigenvalue weighted by atomic mass is 10.3. The first kappa shape index (κ1) is 21.6. The van der Waals surface area contributed by atoms with Crippen LogP contribution in [-0.2, 0) is 11.2 Å². The van der Waals surface area contributed by atoms with E-state index in [0.29, 0.717) is 45.8 Å². The number of nitrogens with zero attached hydrogens (tertiary/aromatic N) is 5. The molecule has 1 aromatic heterocycles. The number of carbonyl (C=O) groups excluding carboxylic acids is 1. The maximum absolute atomic E-state index is 13.1. The summed E-state index contributed by atoms with van der Waals surface area (Å²) in [4.78, 5) is 20.5. The van der Waals surface area contributed by atoms with Crippen molar-refractivity contribution in [2.75, 3.05) is 45.9 Å². The zero-order valence-corrected chi connectivity index (χ0v) is 17.6. The lowest BCUT2D eigenvalue weighted by molar-refractivity contribution is 0.0914. The number of nitrogens with one attached hydrogen (secondary N) is 1. The van der Waals surface area contributed by atoms with Crippen LogP contribution in [0.5, 0.6) is 0 Å². The summed E-state index contributed by atoms with van der Waals surface area (Å²) in [6.45, 7) is 8.27. The van der Waals surface area contributed by atoms with E-state index in [-0.39, 0.29) is 11.9 Å². The molecule has 0 radical (unpaired) electrons. The molecule has 0 saturated carbocycles. The molecule has 0 unspecified atom stereocenters. The number of rotatable bonds is 6. The molecule has 30 heavy (non-hydrogen) atoms. The highest BCUT2D eigenvalue weighted by Crippen LogP contribution is 2.10. The summed E-state index contributed by atoms with van der Waals surface area (Å²) in [5, 5.41) is 7.87. The predicted molar refractivity (Wildman–Crippen MR) is 113 cm³/mol. The molecule has 9 heteroatoms. The maximum atomic E-state index is 13.1. The second-order valence-electron chi connectivity index (χ2n) is 6.89. The van der Waals surface area contributed by atoms with Crippen LogP contribution in [0.25, 0.3) is 5.69 Å². The first-order valence-electron chi connectivity index (χ1n) is 10.4. The van der Waals surface area contributed by atoms with Gasteiger partial charge in [-0.25, -0.2) is 13.9 Å². The van der Waals surface area contributed by atoms with Crippen molar-refractivity contribution in [3.05, 3.63) is 48.0 Å². The summed E-state index contributed by atoms with van der Waals surface area (Å²) in [6.07, 6.45) is 2.31. The molecule has 0 aliphatic carbocycles. The van der Waals surface area contributed by atoms with E-state index >= 15 is 0 Å². The van der Waals surface area contributed by atoms with Crippen molar-refractivity contribution >= 4 is 12.1 Å². The molecule has 2 heterocycles. The minimum Gasteiger partial charge on any atom is -0.450 e. The molecule has 2 aromatic rings. The summed E-state index contributed by atoms with van der Waals surface area (Å²) in [6, 6.07) is 8.19. The zero-order valence-electron chi connectivity index (χ0n) is 17.6. The highest BCUT2D eigenvalue weighted by atomic mass is 19.1. The van der Waals surface area contributed by atoms with Gasteiger partial charge in [-0.1, -0.05) is 0 Å². The number of piperazine rings is 1. The fraction of sp³-hybridized carbons (Fsp3) is 0.476. The van der Waals surface area contributed by atoms with Crippen LogP contribution in [0.2, 0.25) is 0 Å². The van der Waals surface area contributed by atoms with Gasteiger partial charge < -0.3 is 19.9 Å². The van der Waals surface area contributed by atoms with Crippen LogP contribution in [0.15, 0.2) is 41.5 Å². The molecule has 1 saturated heterocycles. The number of hydrogen-bond acceptors (Lipinski definition) is 4. The normalized spacial score (nSPS) is 14.7. The van der Waals surface area contributed by atoms with Crippen molar-refractivity contribution in [3.63, 3.8) is 0 Å². The average molecular weight is 417 g/mol. The summed E-state index contributed by atoms with van der Waals surface area (Å²) in [5.41, 5.74) is 1.74. The van der Waals surface area contributed by atoms with E-state index in [1.807, 2.05) is 26.1 Å². The van der Waals surface area contributed by atoms with Gasteiger partial charge in [-0.05, 0) is 44.2 Å². The van der Waals surface area contributed by atoms with Gasteiger partial charge in [-0.15, -0.1) is 0 Å². The molecule has 3 rings (SSSR count). The molecule has 1 aliphatic rings. The maximum Gasteiger partial charge on any atom is 0.409 e. The van der Waals surface area contributed by atoms with Crippen LogP contribution >= 0.6 is 0 Å². The third-order valence-corrected chi connectivity index (χ3v) is 4.81. The Balaban J connectivity index is 1.54. The van der Waals surface area contributed by atoms with Gasteiger partial charge in [-0.2, -0.15) is 5.10 Å². The Hall–Kier alpha value is -3.10.